The fourth-order valence-corrected chi connectivity index (χ4v) is 2.32. The summed E-state index contributed by atoms with van der Waals surface area (Å²) in [7, 11) is 0. The van der Waals surface area contributed by atoms with Gasteiger partial charge in [0.1, 0.15) is 11.3 Å². The Labute approximate surface area is 114 Å². The third-order valence-electron chi connectivity index (χ3n) is 3.33. The summed E-state index contributed by atoms with van der Waals surface area (Å²) < 4.78 is 26.9. The van der Waals surface area contributed by atoms with E-state index in [1.54, 1.807) is 0 Å². The van der Waals surface area contributed by atoms with Crippen molar-refractivity contribution in [3.63, 3.8) is 0 Å². The average Bonchev–Trinajstić information content (AvgIpc) is 2.83. The van der Waals surface area contributed by atoms with E-state index in [4.69, 9.17) is 5.73 Å². The Hall–Kier alpha value is -2.43. The van der Waals surface area contributed by atoms with E-state index < -0.39 is 11.6 Å². The van der Waals surface area contributed by atoms with E-state index in [2.05, 4.69) is 9.97 Å². The quantitative estimate of drug-likeness (QED) is 0.664. The predicted molar refractivity (Wildman–Crippen MR) is 75.3 cm³/mol. The maximum absolute atomic E-state index is 13.7. The lowest BCUT2D eigenvalue weighted by atomic mass is 10.0. The molecule has 0 radical (unpaired) electrons. The van der Waals surface area contributed by atoms with E-state index >= 15 is 0 Å². The highest BCUT2D eigenvalue weighted by Crippen LogP contribution is 2.30. The summed E-state index contributed by atoms with van der Waals surface area (Å²) in [6.07, 6.45) is 0. The first-order chi connectivity index (χ1) is 9.47. The molecule has 0 fully saturated rings. The Morgan fingerprint density at radius 2 is 1.90 bits per heavy atom. The van der Waals surface area contributed by atoms with Crippen LogP contribution >= 0.6 is 0 Å². The molecule has 1 aromatic heterocycles. The highest BCUT2D eigenvalue weighted by atomic mass is 19.2. The summed E-state index contributed by atoms with van der Waals surface area (Å²) in [6, 6.07) is 6.36. The van der Waals surface area contributed by atoms with Gasteiger partial charge in [-0.2, -0.15) is 0 Å². The largest absolute Gasteiger partial charge is 0.398 e. The molecule has 102 valence electrons. The van der Waals surface area contributed by atoms with Crippen LogP contribution in [0.5, 0.6) is 0 Å². The summed E-state index contributed by atoms with van der Waals surface area (Å²) in [5, 5.41) is 0. The lowest BCUT2D eigenvalue weighted by molar-refractivity contribution is 0.515. The van der Waals surface area contributed by atoms with E-state index in [-0.39, 0.29) is 5.52 Å². The molecule has 0 aliphatic rings. The molecule has 5 heteroatoms. The van der Waals surface area contributed by atoms with Crippen molar-refractivity contribution in [1.29, 1.82) is 0 Å². The summed E-state index contributed by atoms with van der Waals surface area (Å²) in [5.74, 6) is -1.43. The minimum Gasteiger partial charge on any atom is -0.398 e. The van der Waals surface area contributed by atoms with Crippen LogP contribution in [0, 0.1) is 25.5 Å². The number of hydrogen-bond donors (Lipinski definition) is 2. The van der Waals surface area contributed by atoms with E-state index in [0.717, 1.165) is 17.2 Å². The normalized spacial score (nSPS) is 11.2. The minimum atomic E-state index is -0.951. The third kappa shape index (κ3) is 1.82. The predicted octanol–water partition coefficient (Wildman–Crippen LogP) is 3.71. The van der Waals surface area contributed by atoms with Crippen LogP contribution in [0.2, 0.25) is 0 Å². The van der Waals surface area contributed by atoms with Crippen LogP contribution < -0.4 is 5.73 Å². The molecule has 0 aliphatic carbocycles. The molecule has 2 aromatic carbocycles. The zero-order chi connectivity index (χ0) is 14.4. The summed E-state index contributed by atoms with van der Waals surface area (Å²) in [6.45, 7) is 3.84. The number of anilines is 1. The van der Waals surface area contributed by atoms with E-state index in [1.165, 1.54) is 6.07 Å². The van der Waals surface area contributed by atoms with Crippen molar-refractivity contribution >= 4 is 16.7 Å². The summed E-state index contributed by atoms with van der Waals surface area (Å²) in [4.78, 5) is 7.11. The van der Waals surface area contributed by atoms with Gasteiger partial charge < -0.3 is 10.7 Å². The molecule has 3 aromatic rings. The number of fused-ring (bicyclic) bond motifs is 1. The molecule has 0 aliphatic heterocycles. The Balaban J connectivity index is 2.28. The first kappa shape index (κ1) is 12.6. The van der Waals surface area contributed by atoms with Crippen molar-refractivity contribution in [2.75, 3.05) is 5.73 Å². The Bertz CT molecular complexity index is 822. The van der Waals surface area contributed by atoms with Crippen molar-refractivity contribution < 1.29 is 8.78 Å². The lowest BCUT2D eigenvalue weighted by Gasteiger charge is -2.07. The van der Waals surface area contributed by atoms with E-state index in [0.29, 0.717) is 22.6 Å². The van der Waals surface area contributed by atoms with Gasteiger partial charge in [-0.05, 0) is 43.2 Å². The Morgan fingerprint density at radius 3 is 2.65 bits per heavy atom. The van der Waals surface area contributed by atoms with Crippen LogP contribution in [0.15, 0.2) is 24.3 Å². The molecule has 1 heterocycles. The summed E-state index contributed by atoms with van der Waals surface area (Å²) >= 11 is 0. The third-order valence-corrected chi connectivity index (χ3v) is 3.33. The van der Waals surface area contributed by atoms with Crippen molar-refractivity contribution in [2.24, 2.45) is 0 Å². The Morgan fingerprint density at radius 1 is 1.15 bits per heavy atom. The van der Waals surface area contributed by atoms with E-state index in [9.17, 15) is 8.78 Å². The van der Waals surface area contributed by atoms with Crippen LogP contribution in [-0.4, -0.2) is 9.97 Å². The molecule has 0 amide bonds. The minimum absolute atomic E-state index is 0.0152. The first-order valence-corrected chi connectivity index (χ1v) is 6.18. The van der Waals surface area contributed by atoms with E-state index in [1.807, 2.05) is 26.0 Å². The van der Waals surface area contributed by atoms with Crippen LogP contribution in [0.4, 0.5) is 14.5 Å². The van der Waals surface area contributed by atoms with Gasteiger partial charge in [0.25, 0.3) is 0 Å². The zero-order valence-electron chi connectivity index (χ0n) is 11.1. The molecule has 3 N–H and O–H groups in total. The standard InChI is InChI=1S/C15H13F2N3/c1-7-5-8(2)13(18)9(6-7)15-19-11-4-3-10(16)12(17)14(11)20-15/h3-6H,18H2,1-2H3,(H,19,20). The van der Waals surface area contributed by atoms with Gasteiger partial charge in [0, 0.05) is 11.3 Å². The molecular formula is C15H13F2N3. The van der Waals surface area contributed by atoms with Crippen molar-refractivity contribution in [2.45, 2.75) is 13.8 Å². The second-order valence-electron chi connectivity index (χ2n) is 4.89. The van der Waals surface area contributed by atoms with Crippen molar-refractivity contribution in [1.82, 2.24) is 9.97 Å². The van der Waals surface area contributed by atoms with Gasteiger partial charge in [0.2, 0.25) is 0 Å². The number of aromatic amines is 1. The molecule has 0 atom stereocenters. The lowest BCUT2D eigenvalue weighted by Crippen LogP contribution is -1.96. The number of nitrogens with two attached hydrogens (primary N) is 1. The van der Waals surface area contributed by atoms with Gasteiger partial charge in [-0.15, -0.1) is 0 Å². The molecule has 20 heavy (non-hydrogen) atoms. The average molecular weight is 273 g/mol. The van der Waals surface area contributed by atoms with Crippen LogP contribution in [0.25, 0.3) is 22.4 Å². The second kappa shape index (κ2) is 4.30. The van der Waals surface area contributed by atoms with Crippen LogP contribution in [0.3, 0.4) is 0 Å². The highest BCUT2D eigenvalue weighted by molar-refractivity contribution is 5.84. The van der Waals surface area contributed by atoms with Gasteiger partial charge in [0.05, 0.1) is 5.52 Å². The van der Waals surface area contributed by atoms with Gasteiger partial charge in [-0.25, -0.2) is 13.8 Å². The monoisotopic (exact) mass is 273 g/mol. The molecule has 0 bridgehead atoms. The highest BCUT2D eigenvalue weighted by Gasteiger charge is 2.15. The number of halogens is 2. The number of hydrogen-bond acceptors (Lipinski definition) is 2. The number of imidazole rings is 1. The Kier molecular flexibility index (Phi) is 2.71. The smallest absolute Gasteiger partial charge is 0.186 e. The molecule has 0 spiro atoms. The van der Waals surface area contributed by atoms with Gasteiger partial charge in [-0.1, -0.05) is 6.07 Å². The molecular weight excluding hydrogens is 260 g/mol. The fraction of sp³-hybridized carbons (Fsp3) is 0.133. The van der Waals surface area contributed by atoms with Crippen molar-refractivity contribution in [3.05, 3.63) is 47.0 Å². The number of nitrogens with zero attached hydrogens (tertiary/aromatic N) is 1. The zero-order valence-corrected chi connectivity index (χ0v) is 11.1. The summed E-state index contributed by atoms with van der Waals surface area (Å²) in [5.41, 5.74) is 9.69. The number of rotatable bonds is 1. The number of benzene rings is 2. The van der Waals surface area contributed by atoms with Crippen LogP contribution in [0.1, 0.15) is 11.1 Å². The molecule has 3 nitrogen and oxygen atoms in total. The van der Waals surface area contributed by atoms with Crippen molar-refractivity contribution in [3.8, 4) is 11.4 Å². The maximum atomic E-state index is 13.7. The molecule has 0 saturated heterocycles. The first-order valence-electron chi connectivity index (χ1n) is 6.18. The number of nitrogen functional groups attached to an aromatic ring is 1. The van der Waals surface area contributed by atoms with Gasteiger partial charge in [-0.3, -0.25) is 0 Å². The second-order valence-corrected chi connectivity index (χ2v) is 4.89. The maximum Gasteiger partial charge on any atom is 0.186 e. The fourth-order valence-electron chi connectivity index (χ4n) is 2.32. The van der Waals surface area contributed by atoms with Crippen LogP contribution in [-0.2, 0) is 0 Å². The SMILES string of the molecule is Cc1cc(C)c(N)c(-c2nc3c(F)c(F)ccc3[nH]2)c1. The van der Waals surface area contributed by atoms with Gasteiger partial charge >= 0.3 is 0 Å². The molecule has 3 rings (SSSR count). The molecule has 0 saturated carbocycles. The molecule has 0 unspecified atom stereocenters. The van der Waals surface area contributed by atoms with Gasteiger partial charge in [0.15, 0.2) is 11.6 Å². The number of aryl methyl sites for hydroxylation is 2. The number of aromatic nitrogens is 2. The number of nitrogens with one attached hydrogen (secondary N) is 1. The number of H-pyrrole nitrogens is 1. The topological polar surface area (TPSA) is 54.7 Å².